The van der Waals surface area contributed by atoms with Crippen LogP contribution >= 0.6 is 0 Å². The number of carbonyl (C=O) groups is 1. The topological polar surface area (TPSA) is 94.8 Å². The number of nitrogens with one attached hydrogen (secondary N) is 1. The Hall–Kier alpha value is -3.29. The molecule has 0 bridgehead atoms. The first-order valence-corrected chi connectivity index (χ1v) is 7.99. The van der Waals surface area contributed by atoms with Crippen molar-refractivity contribution in [3.8, 4) is 11.4 Å². The van der Waals surface area contributed by atoms with Gasteiger partial charge >= 0.3 is 0 Å². The Morgan fingerprint density at radius 2 is 2.08 bits per heavy atom. The van der Waals surface area contributed by atoms with Crippen LogP contribution in [0.3, 0.4) is 0 Å². The van der Waals surface area contributed by atoms with E-state index in [9.17, 15) is 4.79 Å². The van der Waals surface area contributed by atoms with E-state index in [4.69, 9.17) is 4.74 Å². The lowest BCUT2D eigenvalue weighted by atomic mass is 10.2. The molecule has 1 aromatic carbocycles. The Bertz CT molecular complexity index is 820. The quantitative estimate of drug-likeness (QED) is 0.665. The van der Waals surface area contributed by atoms with Crippen LogP contribution in [0.4, 0.5) is 5.69 Å². The van der Waals surface area contributed by atoms with Gasteiger partial charge in [-0.1, -0.05) is 13.3 Å². The number of pyridine rings is 1. The molecule has 1 N–H and O–H groups in total. The third kappa shape index (κ3) is 4.17. The average molecular weight is 338 g/mol. The molecule has 0 unspecified atom stereocenters. The molecule has 0 fully saturated rings. The minimum atomic E-state index is -0.218. The Labute approximate surface area is 144 Å². The highest BCUT2D eigenvalue weighted by atomic mass is 16.5. The van der Waals surface area contributed by atoms with Gasteiger partial charge in [0.15, 0.2) is 0 Å². The van der Waals surface area contributed by atoms with Gasteiger partial charge in [-0.15, -0.1) is 5.10 Å². The molecule has 0 aliphatic carbocycles. The van der Waals surface area contributed by atoms with Crippen LogP contribution in [0.2, 0.25) is 0 Å². The maximum absolute atomic E-state index is 12.3. The first-order valence-electron chi connectivity index (χ1n) is 7.99. The number of ether oxygens (including phenoxy) is 1. The van der Waals surface area contributed by atoms with Crippen molar-refractivity contribution in [3.63, 3.8) is 0 Å². The maximum atomic E-state index is 12.3. The summed E-state index contributed by atoms with van der Waals surface area (Å²) in [6.07, 6.45) is 6.63. The van der Waals surface area contributed by atoms with Crippen molar-refractivity contribution in [2.45, 2.75) is 19.8 Å². The largest absolute Gasteiger partial charge is 0.491 e. The summed E-state index contributed by atoms with van der Waals surface area (Å²) in [5.74, 6) is 0.437. The van der Waals surface area contributed by atoms with Gasteiger partial charge in [0.1, 0.15) is 17.8 Å². The summed E-state index contributed by atoms with van der Waals surface area (Å²) in [5, 5.41) is 14.1. The summed E-state index contributed by atoms with van der Waals surface area (Å²) < 4.78 is 7.31. The van der Waals surface area contributed by atoms with Crippen molar-refractivity contribution >= 4 is 11.6 Å². The number of aromatic nitrogens is 5. The van der Waals surface area contributed by atoms with E-state index in [0.717, 1.165) is 12.8 Å². The second-order valence-corrected chi connectivity index (χ2v) is 5.33. The molecule has 0 saturated carbocycles. The van der Waals surface area contributed by atoms with Crippen LogP contribution in [0.15, 0.2) is 49.1 Å². The van der Waals surface area contributed by atoms with Gasteiger partial charge in [-0.05, 0) is 47.2 Å². The molecular formula is C17H18N6O2. The number of tetrazole rings is 1. The van der Waals surface area contributed by atoms with Crippen LogP contribution in [0, 0.1) is 0 Å². The van der Waals surface area contributed by atoms with Gasteiger partial charge in [-0.25, -0.2) is 0 Å². The Morgan fingerprint density at radius 1 is 1.24 bits per heavy atom. The number of nitrogens with zero attached hydrogens (tertiary/aromatic N) is 5. The zero-order chi connectivity index (χ0) is 17.5. The van der Waals surface area contributed by atoms with E-state index in [1.165, 1.54) is 11.0 Å². The van der Waals surface area contributed by atoms with Crippen LogP contribution in [-0.4, -0.2) is 37.7 Å². The number of amides is 1. The molecule has 128 valence electrons. The minimum Gasteiger partial charge on any atom is -0.491 e. The summed E-state index contributed by atoms with van der Waals surface area (Å²) in [6, 6.07) is 8.67. The molecule has 8 heteroatoms. The predicted octanol–water partition coefficient (Wildman–Crippen LogP) is 2.49. The fourth-order valence-electron chi connectivity index (χ4n) is 2.20. The molecule has 0 saturated heterocycles. The van der Waals surface area contributed by atoms with E-state index < -0.39 is 0 Å². The van der Waals surface area contributed by atoms with Crippen LogP contribution in [0.5, 0.6) is 5.75 Å². The molecule has 2 aromatic heterocycles. The molecule has 0 spiro atoms. The lowest BCUT2D eigenvalue weighted by molar-refractivity contribution is 0.102. The van der Waals surface area contributed by atoms with E-state index in [-0.39, 0.29) is 5.91 Å². The maximum Gasteiger partial charge on any atom is 0.255 e. The van der Waals surface area contributed by atoms with Crippen molar-refractivity contribution in [2.24, 2.45) is 0 Å². The standard InChI is InChI=1S/C17H18N6O2/c1-2-3-10-25-16-5-4-14(11-15(16)23-12-19-21-22-23)20-17(24)13-6-8-18-9-7-13/h4-9,11-12H,2-3,10H2,1H3,(H,20,24). The summed E-state index contributed by atoms with van der Waals surface area (Å²) in [6.45, 7) is 2.71. The molecule has 0 aliphatic rings. The molecule has 0 atom stereocenters. The van der Waals surface area contributed by atoms with E-state index >= 15 is 0 Å². The third-order valence-electron chi connectivity index (χ3n) is 3.51. The predicted molar refractivity (Wildman–Crippen MR) is 91.7 cm³/mol. The number of hydrogen-bond acceptors (Lipinski definition) is 6. The highest BCUT2D eigenvalue weighted by molar-refractivity contribution is 6.04. The van der Waals surface area contributed by atoms with Crippen LogP contribution in [0.25, 0.3) is 5.69 Å². The van der Waals surface area contributed by atoms with Gasteiger partial charge in [-0.3, -0.25) is 9.78 Å². The van der Waals surface area contributed by atoms with Crippen molar-refractivity contribution in [1.82, 2.24) is 25.2 Å². The third-order valence-corrected chi connectivity index (χ3v) is 3.51. The first-order chi connectivity index (χ1) is 12.3. The molecule has 8 nitrogen and oxygen atoms in total. The smallest absolute Gasteiger partial charge is 0.255 e. The number of benzene rings is 1. The molecule has 0 radical (unpaired) electrons. The lowest BCUT2D eigenvalue weighted by Gasteiger charge is -2.13. The summed E-state index contributed by atoms with van der Waals surface area (Å²) in [4.78, 5) is 16.2. The number of hydrogen-bond donors (Lipinski definition) is 1. The van der Waals surface area contributed by atoms with Crippen LogP contribution in [-0.2, 0) is 0 Å². The van der Waals surface area contributed by atoms with Gasteiger partial charge in [0.05, 0.1) is 6.61 Å². The van der Waals surface area contributed by atoms with E-state index in [1.54, 1.807) is 42.7 Å². The van der Waals surface area contributed by atoms with E-state index in [0.29, 0.717) is 29.3 Å². The molecule has 2 heterocycles. The average Bonchev–Trinajstić information content (AvgIpc) is 3.18. The van der Waals surface area contributed by atoms with Crippen molar-refractivity contribution in [3.05, 3.63) is 54.6 Å². The van der Waals surface area contributed by atoms with Crippen molar-refractivity contribution in [1.29, 1.82) is 0 Å². The monoisotopic (exact) mass is 338 g/mol. The summed E-state index contributed by atoms with van der Waals surface area (Å²) in [5.41, 5.74) is 1.81. The molecule has 25 heavy (non-hydrogen) atoms. The zero-order valence-electron chi connectivity index (χ0n) is 13.8. The normalized spacial score (nSPS) is 10.4. The minimum absolute atomic E-state index is 0.218. The molecule has 3 rings (SSSR count). The second kappa shape index (κ2) is 8.00. The first kappa shape index (κ1) is 16.6. The number of rotatable bonds is 7. The number of carbonyl (C=O) groups excluding carboxylic acids is 1. The van der Waals surface area contributed by atoms with Gasteiger partial charge in [-0.2, -0.15) is 4.68 Å². The Kier molecular flexibility index (Phi) is 5.30. The number of unbranched alkanes of at least 4 members (excludes halogenated alkanes) is 1. The van der Waals surface area contributed by atoms with Crippen molar-refractivity contribution < 1.29 is 9.53 Å². The molecule has 3 aromatic rings. The summed E-state index contributed by atoms with van der Waals surface area (Å²) in [7, 11) is 0. The zero-order valence-corrected chi connectivity index (χ0v) is 13.8. The van der Waals surface area contributed by atoms with Crippen LogP contribution < -0.4 is 10.1 Å². The second-order valence-electron chi connectivity index (χ2n) is 5.33. The fraction of sp³-hybridized carbons (Fsp3) is 0.235. The number of anilines is 1. The fourth-order valence-corrected chi connectivity index (χ4v) is 2.20. The van der Waals surface area contributed by atoms with E-state index in [2.05, 4.69) is 32.7 Å². The van der Waals surface area contributed by atoms with Crippen molar-refractivity contribution in [2.75, 3.05) is 11.9 Å². The molecule has 0 aliphatic heterocycles. The molecular weight excluding hydrogens is 320 g/mol. The SMILES string of the molecule is CCCCOc1ccc(NC(=O)c2ccncc2)cc1-n1cnnn1. The lowest BCUT2D eigenvalue weighted by Crippen LogP contribution is -2.12. The summed E-state index contributed by atoms with van der Waals surface area (Å²) >= 11 is 0. The highest BCUT2D eigenvalue weighted by Crippen LogP contribution is 2.26. The van der Waals surface area contributed by atoms with Gasteiger partial charge in [0.2, 0.25) is 0 Å². The van der Waals surface area contributed by atoms with Crippen LogP contribution in [0.1, 0.15) is 30.1 Å². The van der Waals surface area contributed by atoms with Gasteiger partial charge in [0.25, 0.3) is 5.91 Å². The highest BCUT2D eigenvalue weighted by Gasteiger charge is 2.11. The Morgan fingerprint density at radius 3 is 2.80 bits per heavy atom. The molecule has 1 amide bonds. The van der Waals surface area contributed by atoms with E-state index in [1.807, 2.05) is 0 Å². The van der Waals surface area contributed by atoms with Gasteiger partial charge < -0.3 is 10.1 Å². The van der Waals surface area contributed by atoms with Gasteiger partial charge in [0, 0.05) is 23.6 Å². The Balaban J connectivity index is 1.83.